The lowest BCUT2D eigenvalue weighted by Gasteiger charge is -2.19. The summed E-state index contributed by atoms with van der Waals surface area (Å²) in [5, 5.41) is 3.90. The van der Waals surface area contributed by atoms with Gasteiger partial charge in [-0.2, -0.15) is 0 Å². The highest BCUT2D eigenvalue weighted by Gasteiger charge is 2.11. The van der Waals surface area contributed by atoms with Gasteiger partial charge in [0.25, 0.3) is 0 Å². The summed E-state index contributed by atoms with van der Waals surface area (Å²) in [6.07, 6.45) is 1.25. The molecule has 0 unspecified atom stereocenters. The van der Waals surface area contributed by atoms with Crippen molar-refractivity contribution in [2.45, 2.75) is 20.3 Å². The highest BCUT2D eigenvalue weighted by atomic mass is 79.9. The van der Waals surface area contributed by atoms with Gasteiger partial charge in [0, 0.05) is 17.1 Å². The van der Waals surface area contributed by atoms with Gasteiger partial charge in [0.15, 0.2) is 0 Å². The molecular formula is C11H15BrClNO. The Hall–Kier alpha value is -0.410. The zero-order valence-electron chi connectivity index (χ0n) is 8.94. The second kappa shape index (κ2) is 6.23. The molecule has 0 fully saturated rings. The van der Waals surface area contributed by atoms with Gasteiger partial charge in [-0.1, -0.05) is 31.9 Å². The Morgan fingerprint density at radius 1 is 1.47 bits per heavy atom. The lowest BCUT2D eigenvalue weighted by molar-refractivity contribution is 0.323. The molecular weight excluding hydrogens is 277 g/mol. The molecule has 1 N–H and O–H groups in total. The third-order valence-electron chi connectivity index (χ3n) is 1.70. The molecule has 2 nitrogen and oxygen atoms in total. The van der Waals surface area contributed by atoms with E-state index < -0.39 is 0 Å². The number of hydrogen-bond donors (Lipinski definition) is 1. The molecule has 1 aliphatic heterocycles. The average molecular weight is 293 g/mol. The number of halogens is 2. The van der Waals surface area contributed by atoms with Crippen LogP contribution in [-0.2, 0) is 0 Å². The van der Waals surface area contributed by atoms with Crippen LogP contribution in [0.4, 0.5) is 5.69 Å². The molecule has 1 aliphatic rings. The Morgan fingerprint density at radius 2 is 2.13 bits per heavy atom. The van der Waals surface area contributed by atoms with Crippen LogP contribution in [0.15, 0.2) is 16.6 Å². The molecule has 0 spiro atoms. The number of fused-ring (bicyclic) bond motifs is 1. The number of hydrogen-bond acceptors (Lipinski definition) is 2. The predicted molar refractivity (Wildman–Crippen MR) is 69.1 cm³/mol. The molecule has 1 heterocycles. The molecule has 0 aliphatic carbocycles. The summed E-state index contributed by atoms with van der Waals surface area (Å²) in [4.78, 5) is 0. The van der Waals surface area contributed by atoms with Crippen molar-refractivity contribution in [1.82, 2.24) is 0 Å². The van der Waals surface area contributed by atoms with Gasteiger partial charge in [-0.25, -0.2) is 0 Å². The third kappa shape index (κ3) is 3.58. The van der Waals surface area contributed by atoms with Gasteiger partial charge < -0.3 is 10.1 Å². The number of ether oxygens (including phenoxy) is 1. The topological polar surface area (TPSA) is 21.3 Å². The Balaban J connectivity index is 0.000000337. The van der Waals surface area contributed by atoms with E-state index in [-0.39, 0.29) is 0 Å². The standard InChI is InChI=1S/C8H7BrClNO.C3H8/c9-5-3-7-8(4-6(5)10)12-2-1-11-7;1-3-2/h3-4,11H,1-2H2;3H2,1-2H3. The number of nitrogens with one attached hydrogen (secondary N) is 1. The van der Waals surface area contributed by atoms with E-state index in [0.29, 0.717) is 11.6 Å². The van der Waals surface area contributed by atoms with Crippen LogP contribution in [0.25, 0.3) is 0 Å². The molecule has 0 amide bonds. The van der Waals surface area contributed by atoms with Crippen LogP contribution in [0.3, 0.4) is 0 Å². The van der Waals surface area contributed by atoms with Crippen LogP contribution < -0.4 is 10.1 Å². The largest absolute Gasteiger partial charge is 0.490 e. The zero-order chi connectivity index (χ0) is 11.3. The first-order valence-electron chi connectivity index (χ1n) is 5.04. The number of benzene rings is 1. The van der Waals surface area contributed by atoms with Crippen LogP contribution in [-0.4, -0.2) is 13.2 Å². The molecule has 15 heavy (non-hydrogen) atoms. The van der Waals surface area contributed by atoms with Gasteiger partial charge in [0.05, 0.1) is 10.7 Å². The molecule has 0 radical (unpaired) electrons. The van der Waals surface area contributed by atoms with Crippen molar-refractivity contribution in [3.05, 3.63) is 21.6 Å². The highest BCUT2D eigenvalue weighted by Crippen LogP contribution is 2.35. The van der Waals surface area contributed by atoms with Crippen LogP contribution in [0.1, 0.15) is 20.3 Å². The van der Waals surface area contributed by atoms with Gasteiger partial charge in [-0.15, -0.1) is 0 Å². The first-order chi connectivity index (χ1) is 7.19. The van der Waals surface area contributed by atoms with E-state index in [1.165, 1.54) is 6.42 Å². The summed E-state index contributed by atoms with van der Waals surface area (Å²) in [6, 6.07) is 3.74. The van der Waals surface area contributed by atoms with Crippen LogP contribution >= 0.6 is 27.5 Å². The fourth-order valence-corrected chi connectivity index (χ4v) is 1.63. The molecule has 0 aromatic heterocycles. The van der Waals surface area contributed by atoms with E-state index in [4.69, 9.17) is 16.3 Å². The van der Waals surface area contributed by atoms with Crippen molar-refractivity contribution in [2.24, 2.45) is 0 Å². The predicted octanol–water partition coefficient (Wildman–Crippen LogP) is 4.32. The van der Waals surface area contributed by atoms with Gasteiger partial charge >= 0.3 is 0 Å². The first-order valence-corrected chi connectivity index (χ1v) is 6.21. The quantitative estimate of drug-likeness (QED) is 0.769. The minimum atomic E-state index is 0.678. The van der Waals surface area contributed by atoms with Crippen molar-refractivity contribution < 1.29 is 4.74 Å². The Morgan fingerprint density at radius 3 is 2.80 bits per heavy atom. The summed E-state index contributed by atoms with van der Waals surface area (Å²) >= 11 is 9.24. The molecule has 1 aromatic rings. The SMILES string of the molecule is CCC.Clc1cc2c(cc1Br)NCCO2. The van der Waals surface area contributed by atoms with Gasteiger partial charge in [-0.3, -0.25) is 0 Å². The lowest BCUT2D eigenvalue weighted by Crippen LogP contribution is -2.17. The summed E-state index contributed by atoms with van der Waals surface area (Å²) in [5.74, 6) is 0.828. The van der Waals surface area contributed by atoms with E-state index in [0.717, 1.165) is 22.5 Å². The molecule has 84 valence electrons. The van der Waals surface area contributed by atoms with E-state index in [2.05, 4.69) is 35.1 Å². The van der Waals surface area contributed by atoms with Crippen LogP contribution in [0.5, 0.6) is 5.75 Å². The molecule has 1 aromatic carbocycles. The van der Waals surface area contributed by atoms with E-state index in [9.17, 15) is 0 Å². The normalized spacial score (nSPS) is 12.8. The Bertz CT molecular complexity index is 300. The molecule has 0 saturated carbocycles. The smallest absolute Gasteiger partial charge is 0.144 e. The minimum absolute atomic E-state index is 0.678. The Labute approximate surface area is 104 Å². The summed E-state index contributed by atoms with van der Waals surface area (Å²) in [7, 11) is 0. The maximum Gasteiger partial charge on any atom is 0.144 e. The van der Waals surface area contributed by atoms with Crippen molar-refractivity contribution in [1.29, 1.82) is 0 Å². The maximum atomic E-state index is 5.89. The van der Waals surface area contributed by atoms with E-state index in [1.807, 2.05) is 12.1 Å². The molecule has 0 bridgehead atoms. The second-order valence-corrected chi connectivity index (χ2v) is 4.51. The molecule has 0 atom stereocenters. The highest BCUT2D eigenvalue weighted by molar-refractivity contribution is 9.10. The van der Waals surface area contributed by atoms with Crippen LogP contribution in [0.2, 0.25) is 5.02 Å². The average Bonchev–Trinajstić information content (AvgIpc) is 2.21. The van der Waals surface area contributed by atoms with Crippen molar-refractivity contribution in [2.75, 3.05) is 18.5 Å². The maximum absolute atomic E-state index is 5.89. The van der Waals surface area contributed by atoms with Gasteiger partial charge in [-0.05, 0) is 22.0 Å². The minimum Gasteiger partial charge on any atom is -0.490 e. The van der Waals surface area contributed by atoms with Crippen molar-refractivity contribution in [3.8, 4) is 5.75 Å². The number of anilines is 1. The van der Waals surface area contributed by atoms with E-state index >= 15 is 0 Å². The van der Waals surface area contributed by atoms with E-state index in [1.54, 1.807) is 0 Å². The third-order valence-corrected chi connectivity index (χ3v) is 2.89. The molecule has 0 saturated heterocycles. The van der Waals surface area contributed by atoms with Crippen LogP contribution in [0, 0.1) is 0 Å². The number of rotatable bonds is 0. The lowest BCUT2D eigenvalue weighted by atomic mass is 10.2. The zero-order valence-corrected chi connectivity index (χ0v) is 11.3. The second-order valence-electron chi connectivity index (χ2n) is 3.24. The van der Waals surface area contributed by atoms with Crippen molar-refractivity contribution >= 4 is 33.2 Å². The summed E-state index contributed by atoms with van der Waals surface area (Å²) in [5.41, 5.74) is 0.998. The monoisotopic (exact) mass is 291 g/mol. The fourth-order valence-electron chi connectivity index (χ4n) is 1.13. The first kappa shape index (κ1) is 12.7. The Kier molecular flexibility index (Phi) is 5.26. The van der Waals surface area contributed by atoms with Gasteiger partial charge in [0.2, 0.25) is 0 Å². The summed E-state index contributed by atoms with van der Waals surface area (Å²) in [6.45, 7) is 5.80. The molecule has 2 rings (SSSR count). The fraction of sp³-hybridized carbons (Fsp3) is 0.455. The molecule has 4 heteroatoms. The van der Waals surface area contributed by atoms with Crippen molar-refractivity contribution in [3.63, 3.8) is 0 Å². The van der Waals surface area contributed by atoms with Gasteiger partial charge in [0.1, 0.15) is 12.4 Å². The summed E-state index contributed by atoms with van der Waals surface area (Å²) < 4.78 is 6.28.